The molecule has 0 bridgehead atoms. The van der Waals surface area contributed by atoms with Gasteiger partial charge in [0.1, 0.15) is 6.54 Å². The molecule has 0 unspecified atom stereocenters. The predicted molar refractivity (Wildman–Crippen MR) is 146 cm³/mol. The summed E-state index contributed by atoms with van der Waals surface area (Å²) in [5, 5.41) is 2.98. The van der Waals surface area contributed by atoms with E-state index in [0.29, 0.717) is 25.6 Å². The molecular formula is C29H37N3O2S. The minimum Gasteiger partial charge on any atom is -0.332 e. The van der Waals surface area contributed by atoms with Crippen LogP contribution >= 0.6 is 11.3 Å². The normalized spacial score (nSPS) is 11.1. The number of hydrogen-bond acceptors (Lipinski definition) is 3. The molecule has 0 saturated carbocycles. The van der Waals surface area contributed by atoms with Crippen LogP contribution in [0.5, 0.6) is 0 Å². The quantitative estimate of drug-likeness (QED) is 0.335. The fourth-order valence-electron chi connectivity index (χ4n) is 3.87. The molecule has 5 nitrogen and oxygen atoms in total. The van der Waals surface area contributed by atoms with E-state index in [1.165, 1.54) is 10.4 Å². The van der Waals surface area contributed by atoms with Gasteiger partial charge in [-0.2, -0.15) is 0 Å². The van der Waals surface area contributed by atoms with Crippen molar-refractivity contribution in [1.82, 2.24) is 9.80 Å². The summed E-state index contributed by atoms with van der Waals surface area (Å²) in [5.41, 5.74) is 3.02. The summed E-state index contributed by atoms with van der Waals surface area (Å²) >= 11 is 1.70. The van der Waals surface area contributed by atoms with Gasteiger partial charge in [0, 0.05) is 28.5 Å². The molecule has 6 heteroatoms. The van der Waals surface area contributed by atoms with Gasteiger partial charge < -0.3 is 15.1 Å². The van der Waals surface area contributed by atoms with Crippen LogP contribution < -0.4 is 5.32 Å². The van der Waals surface area contributed by atoms with Crippen molar-refractivity contribution in [2.45, 2.75) is 53.6 Å². The van der Waals surface area contributed by atoms with E-state index in [0.717, 1.165) is 16.1 Å². The van der Waals surface area contributed by atoms with Crippen LogP contribution in [0, 0.1) is 12.8 Å². The van der Waals surface area contributed by atoms with Gasteiger partial charge in [-0.05, 0) is 54.2 Å². The maximum atomic E-state index is 13.5. The highest BCUT2D eigenvalue weighted by molar-refractivity contribution is 7.11. The predicted octanol–water partition coefficient (Wildman–Crippen LogP) is 6.90. The average molecular weight is 492 g/mol. The topological polar surface area (TPSA) is 52.7 Å². The highest BCUT2D eigenvalue weighted by Crippen LogP contribution is 2.20. The fraction of sp³-hybridized carbons (Fsp3) is 0.379. The highest BCUT2D eigenvalue weighted by atomic mass is 32.1. The van der Waals surface area contributed by atoms with Gasteiger partial charge in [-0.25, -0.2) is 4.79 Å². The monoisotopic (exact) mass is 491 g/mol. The minimum absolute atomic E-state index is 0.0330. The SMILES string of the molecule is Cc1ccc(CN(Cc2ccccc2)C(=O)CN(CC(C)C)C(=O)Nc2ccc(C(C)C)cc2)s1. The Balaban J connectivity index is 1.75. The summed E-state index contributed by atoms with van der Waals surface area (Å²) in [5.74, 6) is 0.600. The molecular weight excluding hydrogens is 454 g/mol. The molecule has 0 saturated heterocycles. The van der Waals surface area contributed by atoms with Crippen molar-refractivity contribution in [1.29, 1.82) is 0 Å². The van der Waals surface area contributed by atoms with Crippen molar-refractivity contribution in [2.24, 2.45) is 5.92 Å². The third-order valence-corrected chi connectivity index (χ3v) is 6.72. The number of aryl methyl sites for hydroxylation is 1. The third kappa shape index (κ3) is 8.25. The third-order valence-electron chi connectivity index (χ3n) is 5.74. The number of nitrogens with zero attached hydrogens (tertiary/aromatic N) is 2. The van der Waals surface area contributed by atoms with Gasteiger partial charge >= 0.3 is 6.03 Å². The number of urea groups is 1. The summed E-state index contributed by atoms with van der Waals surface area (Å²) in [4.78, 5) is 32.6. The zero-order valence-electron chi connectivity index (χ0n) is 21.5. The molecule has 1 N–H and O–H groups in total. The maximum Gasteiger partial charge on any atom is 0.322 e. The molecule has 2 aromatic carbocycles. The van der Waals surface area contributed by atoms with Crippen LogP contribution in [0.15, 0.2) is 66.7 Å². The summed E-state index contributed by atoms with van der Waals surface area (Å²) < 4.78 is 0. The Kier molecular flexibility index (Phi) is 9.49. The van der Waals surface area contributed by atoms with Crippen molar-refractivity contribution >= 4 is 29.0 Å². The van der Waals surface area contributed by atoms with Gasteiger partial charge in [0.2, 0.25) is 5.91 Å². The van der Waals surface area contributed by atoms with Crippen LogP contribution in [0.3, 0.4) is 0 Å². The standard InChI is InChI=1S/C29H37N3O2S/c1-21(2)17-32(29(34)30-26-14-12-25(13-15-26)22(3)4)20-28(33)31(18-24-9-7-6-8-10-24)19-27-16-11-23(5)35-27/h6-16,21-22H,17-20H2,1-5H3,(H,30,34). The van der Waals surface area contributed by atoms with Gasteiger partial charge in [-0.3, -0.25) is 4.79 Å². The molecule has 0 radical (unpaired) electrons. The molecule has 0 aliphatic heterocycles. The molecule has 1 heterocycles. The summed E-state index contributed by atoms with van der Waals surface area (Å²) in [6.07, 6.45) is 0. The Bertz CT molecular complexity index is 1090. The first-order valence-electron chi connectivity index (χ1n) is 12.2. The van der Waals surface area contributed by atoms with Gasteiger partial charge in [0.25, 0.3) is 0 Å². The molecule has 1 aromatic heterocycles. The highest BCUT2D eigenvalue weighted by Gasteiger charge is 2.23. The number of carbonyl (C=O) groups excluding carboxylic acids is 2. The van der Waals surface area contributed by atoms with Crippen LogP contribution in [0.1, 0.15) is 54.5 Å². The first-order valence-corrected chi connectivity index (χ1v) is 13.1. The molecule has 186 valence electrons. The first-order chi connectivity index (χ1) is 16.7. The van der Waals surface area contributed by atoms with E-state index >= 15 is 0 Å². The van der Waals surface area contributed by atoms with Gasteiger partial charge in [0.05, 0.1) is 6.54 Å². The number of hydrogen-bond donors (Lipinski definition) is 1. The van der Waals surface area contributed by atoms with Crippen LogP contribution in [-0.2, 0) is 17.9 Å². The number of thiophene rings is 1. The number of anilines is 1. The van der Waals surface area contributed by atoms with E-state index in [1.54, 1.807) is 16.2 Å². The zero-order chi connectivity index (χ0) is 25.4. The lowest BCUT2D eigenvalue weighted by atomic mass is 10.0. The average Bonchev–Trinajstić information content (AvgIpc) is 3.23. The van der Waals surface area contributed by atoms with Gasteiger partial charge in [-0.1, -0.05) is 70.2 Å². The van der Waals surface area contributed by atoms with Crippen molar-refractivity contribution in [3.05, 3.63) is 87.6 Å². The number of nitrogens with one attached hydrogen (secondary N) is 1. The number of rotatable bonds is 10. The van der Waals surface area contributed by atoms with E-state index in [1.807, 2.05) is 59.5 Å². The van der Waals surface area contributed by atoms with E-state index in [2.05, 4.69) is 52.1 Å². The first kappa shape index (κ1) is 26.5. The second-order valence-electron chi connectivity index (χ2n) is 9.73. The summed E-state index contributed by atoms with van der Waals surface area (Å²) in [6, 6.07) is 21.8. The zero-order valence-corrected chi connectivity index (χ0v) is 22.3. The fourth-order valence-corrected chi connectivity index (χ4v) is 4.78. The lowest BCUT2D eigenvalue weighted by molar-refractivity contribution is -0.133. The number of benzene rings is 2. The lowest BCUT2D eigenvalue weighted by Gasteiger charge is -2.29. The second kappa shape index (κ2) is 12.5. The molecule has 0 aliphatic carbocycles. The molecule has 0 atom stereocenters. The Hall–Kier alpha value is -3.12. The van der Waals surface area contributed by atoms with E-state index in [-0.39, 0.29) is 24.4 Å². The molecule has 3 aromatic rings. The molecule has 3 amide bonds. The van der Waals surface area contributed by atoms with E-state index < -0.39 is 0 Å². The van der Waals surface area contributed by atoms with Crippen LogP contribution in [0.25, 0.3) is 0 Å². The number of amides is 3. The van der Waals surface area contributed by atoms with Crippen LogP contribution in [0.2, 0.25) is 0 Å². The molecule has 0 spiro atoms. The van der Waals surface area contributed by atoms with Gasteiger partial charge in [-0.15, -0.1) is 11.3 Å². The van der Waals surface area contributed by atoms with Crippen molar-refractivity contribution in [2.75, 3.05) is 18.4 Å². The maximum absolute atomic E-state index is 13.5. The smallest absolute Gasteiger partial charge is 0.322 e. The Morgan fingerprint density at radius 2 is 1.54 bits per heavy atom. The Morgan fingerprint density at radius 1 is 0.857 bits per heavy atom. The van der Waals surface area contributed by atoms with Crippen LogP contribution in [0.4, 0.5) is 10.5 Å². The molecule has 35 heavy (non-hydrogen) atoms. The molecule has 0 aliphatic rings. The lowest BCUT2D eigenvalue weighted by Crippen LogP contribution is -2.45. The van der Waals surface area contributed by atoms with Crippen LogP contribution in [-0.4, -0.2) is 34.8 Å². The minimum atomic E-state index is -0.254. The summed E-state index contributed by atoms with van der Waals surface area (Å²) in [7, 11) is 0. The van der Waals surface area contributed by atoms with Gasteiger partial charge in [0.15, 0.2) is 0 Å². The van der Waals surface area contributed by atoms with Crippen molar-refractivity contribution in [3.8, 4) is 0 Å². The van der Waals surface area contributed by atoms with E-state index in [9.17, 15) is 9.59 Å². The number of carbonyl (C=O) groups is 2. The Labute approximate surface area is 213 Å². The van der Waals surface area contributed by atoms with Crippen molar-refractivity contribution < 1.29 is 9.59 Å². The molecule has 3 rings (SSSR count). The molecule has 0 fully saturated rings. The van der Waals surface area contributed by atoms with Crippen molar-refractivity contribution in [3.63, 3.8) is 0 Å². The second-order valence-corrected chi connectivity index (χ2v) is 11.1. The van der Waals surface area contributed by atoms with E-state index in [4.69, 9.17) is 0 Å². The summed E-state index contributed by atoms with van der Waals surface area (Å²) in [6.45, 7) is 12.0. The largest absolute Gasteiger partial charge is 0.332 e. The Morgan fingerprint density at radius 3 is 2.11 bits per heavy atom.